The molecule has 3 heterocycles. The van der Waals surface area contributed by atoms with Crippen molar-refractivity contribution in [3.8, 4) is 0 Å². The Hall–Kier alpha value is -3.25. The number of aliphatic hydroxyl groups excluding tert-OH is 1. The fraction of sp³-hybridized carbons (Fsp3) is 0.560. The van der Waals surface area contributed by atoms with Crippen molar-refractivity contribution in [2.75, 3.05) is 19.3 Å². The van der Waals surface area contributed by atoms with E-state index in [0.717, 1.165) is 6.26 Å². The summed E-state index contributed by atoms with van der Waals surface area (Å²) < 4.78 is 31.8. The average Bonchev–Trinajstić information content (AvgIpc) is 3.46. The highest BCUT2D eigenvalue weighted by molar-refractivity contribution is 8.03. The largest absolute Gasteiger partial charge is 0.477 e. The zero-order chi connectivity index (χ0) is 30.9. The molecule has 0 radical (unpaired) electrons. The lowest BCUT2D eigenvalue weighted by atomic mass is 9.79. The number of aliphatic hydroxyl groups is 1. The van der Waals surface area contributed by atoms with Crippen molar-refractivity contribution in [1.82, 2.24) is 20.3 Å². The first-order chi connectivity index (χ1) is 19.7. The molecule has 0 saturated carbocycles. The number of fused-ring (bicyclic) bond motifs is 1. The number of ether oxygens (including phenoxy) is 1. The minimum absolute atomic E-state index is 0.0777. The van der Waals surface area contributed by atoms with Gasteiger partial charge < -0.3 is 30.5 Å². The van der Waals surface area contributed by atoms with E-state index in [9.17, 15) is 43.1 Å². The zero-order valence-electron chi connectivity index (χ0n) is 23.1. The highest BCUT2D eigenvalue weighted by Crippen LogP contribution is 2.51. The van der Waals surface area contributed by atoms with Crippen LogP contribution in [0.1, 0.15) is 25.8 Å². The second-order valence-corrected chi connectivity index (χ2v) is 13.8. The molecule has 230 valence electrons. The van der Waals surface area contributed by atoms with Gasteiger partial charge in [-0.1, -0.05) is 6.92 Å². The van der Waals surface area contributed by atoms with Gasteiger partial charge in [0.2, 0.25) is 15.9 Å². The quantitative estimate of drug-likeness (QED) is 0.121. The Labute approximate surface area is 246 Å². The summed E-state index contributed by atoms with van der Waals surface area (Å²) in [7, 11) is -3.67. The van der Waals surface area contributed by atoms with Crippen LogP contribution < -0.4 is 15.4 Å². The van der Waals surface area contributed by atoms with Crippen molar-refractivity contribution in [2.24, 2.45) is 11.8 Å². The first-order valence-electron chi connectivity index (χ1n) is 13.2. The number of hydrogen-bond acceptors (Lipinski definition) is 11. The van der Waals surface area contributed by atoms with Crippen LogP contribution in [0, 0.1) is 22.0 Å². The molecule has 17 heteroatoms. The van der Waals surface area contributed by atoms with Crippen LogP contribution >= 0.6 is 11.8 Å². The molecule has 42 heavy (non-hydrogen) atoms. The highest BCUT2D eigenvalue weighted by Gasteiger charge is 2.60. The SMILES string of the molecule is C[C@@H](O)[C@H]1C(=O)N2C(C(=O)O)=C(S[C@@H]3CN[C@H](C(CNC(=O)OCc4ccc([N+](=O)[O-])cc4)NS(C)(=O)=O)C3)[C@H](C)[C@H]12. The number of amides is 2. The van der Waals surface area contributed by atoms with Gasteiger partial charge >= 0.3 is 12.1 Å². The van der Waals surface area contributed by atoms with Gasteiger partial charge in [-0.3, -0.25) is 14.9 Å². The number of alkyl carbamates (subject to hydrolysis) is 1. The Morgan fingerprint density at radius 3 is 2.55 bits per heavy atom. The molecule has 2 saturated heterocycles. The summed E-state index contributed by atoms with van der Waals surface area (Å²) in [5, 5.41) is 36.3. The smallest absolute Gasteiger partial charge is 0.407 e. The number of non-ortho nitro benzene ring substituents is 1. The third kappa shape index (κ3) is 6.86. The predicted molar refractivity (Wildman–Crippen MR) is 150 cm³/mol. The molecule has 15 nitrogen and oxygen atoms in total. The number of nitrogens with one attached hydrogen (secondary N) is 3. The molecule has 0 aliphatic carbocycles. The lowest BCUT2D eigenvalue weighted by Gasteiger charge is -2.46. The number of carboxylic acids is 1. The molecule has 3 aliphatic heterocycles. The summed E-state index contributed by atoms with van der Waals surface area (Å²) in [6.45, 7) is 3.50. The Morgan fingerprint density at radius 2 is 1.98 bits per heavy atom. The lowest BCUT2D eigenvalue weighted by Crippen LogP contribution is -2.63. The van der Waals surface area contributed by atoms with Crippen LogP contribution in [0.4, 0.5) is 10.5 Å². The van der Waals surface area contributed by atoms with E-state index < -0.39 is 63.1 Å². The molecule has 7 atom stereocenters. The first-order valence-corrected chi connectivity index (χ1v) is 15.9. The van der Waals surface area contributed by atoms with E-state index >= 15 is 0 Å². The monoisotopic (exact) mass is 627 g/mol. The van der Waals surface area contributed by atoms with E-state index in [1.165, 1.54) is 47.9 Å². The third-order valence-electron chi connectivity index (χ3n) is 7.56. The summed E-state index contributed by atoms with van der Waals surface area (Å²) in [5.74, 6) is -2.60. The van der Waals surface area contributed by atoms with E-state index in [1.54, 1.807) is 0 Å². The maximum atomic E-state index is 12.6. The topological polar surface area (TPSA) is 218 Å². The number of benzene rings is 1. The van der Waals surface area contributed by atoms with E-state index in [-0.39, 0.29) is 35.7 Å². The normalized spacial score (nSPS) is 26.8. The van der Waals surface area contributed by atoms with Gasteiger partial charge in [0.05, 0.1) is 35.3 Å². The molecule has 4 rings (SSSR count). The molecule has 1 aromatic rings. The van der Waals surface area contributed by atoms with Crippen molar-refractivity contribution >= 4 is 45.4 Å². The van der Waals surface area contributed by atoms with Crippen LogP contribution in [0.25, 0.3) is 0 Å². The molecule has 0 bridgehead atoms. The summed E-state index contributed by atoms with van der Waals surface area (Å²) in [6.07, 6.45) is -0.290. The number of carboxylic acid groups (broad SMARTS) is 1. The second kappa shape index (κ2) is 12.5. The lowest BCUT2D eigenvalue weighted by molar-refractivity contribution is -0.384. The predicted octanol–water partition coefficient (Wildman–Crippen LogP) is 0.356. The van der Waals surface area contributed by atoms with Crippen molar-refractivity contribution in [3.05, 3.63) is 50.5 Å². The minimum atomic E-state index is -3.67. The van der Waals surface area contributed by atoms with Crippen molar-refractivity contribution in [2.45, 2.75) is 56.4 Å². The van der Waals surface area contributed by atoms with E-state index in [2.05, 4.69) is 15.4 Å². The molecule has 3 aliphatic rings. The fourth-order valence-corrected chi connectivity index (χ4v) is 7.93. The zero-order valence-corrected chi connectivity index (χ0v) is 24.7. The van der Waals surface area contributed by atoms with Crippen LogP contribution in [-0.4, -0.2) is 95.2 Å². The number of nitro groups is 1. The minimum Gasteiger partial charge on any atom is -0.477 e. The summed E-state index contributed by atoms with van der Waals surface area (Å²) in [5.41, 5.74) is 0.353. The molecule has 2 fully saturated rings. The number of carbonyl (C=O) groups is 3. The second-order valence-electron chi connectivity index (χ2n) is 10.6. The number of rotatable bonds is 12. The first kappa shape index (κ1) is 31.7. The van der Waals surface area contributed by atoms with Crippen molar-refractivity contribution in [1.29, 1.82) is 0 Å². The summed E-state index contributed by atoms with van der Waals surface area (Å²) >= 11 is 1.32. The van der Waals surface area contributed by atoms with E-state index in [0.29, 0.717) is 23.4 Å². The molecule has 0 aromatic heterocycles. The number of nitrogens with zero attached hydrogens (tertiary/aromatic N) is 2. The van der Waals surface area contributed by atoms with Gasteiger partial charge in [0.25, 0.3) is 5.69 Å². The molecule has 1 aromatic carbocycles. The van der Waals surface area contributed by atoms with Crippen LogP contribution in [-0.2, 0) is 31.0 Å². The van der Waals surface area contributed by atoms with E-state index in [4.69, 9.17) is 4.74 Å². The van der Waals surface area contributed by atoms with Crippen molar-refractivity contribution < 1.29 is 42.7 Å². The van der Waals surface area contributed by atoms with Crippen LogP contribution in [0.5, 0.6) is 0 Å². The Kier molecular flexibility index (Phi) is 9.46. The third-order valence-corrected chi connectivity index (χ3v) is 9.81. The Morgan fingerprint density at radius 1 is 1.31 bits per heavy atom. The van der Waals surface area contributed by atoms with E-state index in [1.807, 2.05) is 6.92 Å². The number of β-lactam (4-membered cyclic amide) rings is 1. The number of nitro benzene ring substituents is 1. The number of hydrogen-bond donors (Lipinski definition) is 5. The molecular weight excluding hydrogens is 594 g/mol. The summed E-state index contributed by atoms with van der Waals surface area (Å²) in [6, 6.07) is 3.89. The van der Waals surface area contributed by atoms with Gasteiger partial charge in [-0.05, 0) is 31.0 Å². The molecular formula is C25H33N5O10S2. The van der Waals surface area contributed by atoms with Gasteiger partial charge in [-0.25, -0.2) is 22.7 Å². The van der Waals surface area contributed by atoms with Crippen LogP contribution in [0.3, 0.4) is 0 Å². The van der Waals surface area contributed by atoms with Gasteiger partial charge in [0, 0.05) is 47.3 Å². The molecule has 5 N–H and O–H groups in total. The Balaban J connectivity index is 1.37. The van der Waals surface area contributed by atoms with Gasteiger partial charge in [0.1, 0.15) is 12.3 Å². The maximum absolute atomic E-state index is 12.6. The fourth-order valence-electron chi connectivity index (χ4n) is 5.64. The summed E-state index contributed by atoms with van der Waals surface area (Å²) in [4.78, 5) is 49.1. The van der Waals surface area contributed by atoms with Crippen LogP contribution in [0.2, 0.25) is 0 Å². The van der Waals surface area contributed by atoms with Gasteiger partial charge in [-0.15, -0.1) is 11.8 Å². The number of carbonyl (C=O) groups excluding carboxylic acids is 2. The molecule has 1 unspecified atom stereocenters. The van der Waals surface area contributed by atoms with Gasteiger partial charge in [0.15, 0.2) is 0 Å². The number of sulfonamides is 1. The molecule has 2 amide bonds. The average molecular weight is 628 g/mol. The Bertz CT molecular complexity index is 1380. The van der Waals surface area contributed by atoms with Crippen LogP contribution in [0.15, 0.2) is 34.9 Å². The van der Waals surface area contributed by atoms with Crippen molar-refractivity contribution in [3.63, 3.8) is 0 Å². The number of thioether (sulfide) groups is 1. The van der Waals surface area contributed by atoms with Gasteiger partial charge in [-0.2, -0.15) is 0 Å². The molecule has 0 spiro atoms. The standard InChI is InChI=1S/C25H33N5O10S2/c1-12-20-19(13(2)31)23(32)29(20)21(24(33)34)22(12)41-16-8-17(26-9-16)18(28-42(3,38)39)10-27-25(35)40-11-14-4-6-15(7-5-14)30(36)37/h4-7,12-13,16-20,26,28,31H,8-11H2,1-3H3,(H,27,35)(H,33,34)/t12-,13-,16+,17+,18?,19-,20-/m1/s1. The highest BCUT2D eigenvalue weighted by atomic mass is 32.2. The number of aliphatic carboxylic acids is 1. The maximum Gasteiger partial charge on any atom is 0.407 e.